The Bertz CT molecular complexity index is 996. The van der Waals surface area contributed by atoms with Crippen molar-refractivity contribution in [1.82, 2.24) is 9.55 Å². The molecule has 0 saturated carbocycles. The van der Waals surface area contributed by atoms with E-state index < -0.39 is 0 Å². The molecular weight excluding hydrogens is 296 g/mol. The molecule has 0 bridgehead atoms. The van der Waals surface area contributed by atoms with Crippen LogP contribution < -0.4 is 4.74 Å². The Kier molecular flexibility index (Phi) is 2.70. The SMILES string of the molecule is CC1COc2c1c1ncn(C)c1c1c3c(ccc21)C(C)(C)CCC3. The highest BCUT2D eigenvalue weighted by Crippen LogP contribution is 2.49. The normalized spacial score (nSPS) is 21.8. The zero-order valence-corrected chi connectivity index (χ0v) is 14.9. The second kappa shape index (κ2) is 4.53. The van der Waals surface area contributed by atoms with E-state index >= 15 is 0 Å². The number of rotatable bonds is 0. The van der Waals surface area contributed by atoms with Crippen molar-refractivity contribution in [1.29, 1.82) is 0 Å². The molecule has 0 radical (unpaired) electrons. The van der Waals surface area contributed by atoms with E-state index in [1.807, 2.05) is 6.33 Å². The van der Waals surface area contributed by atoms with Crippen molar-refractivity contribution in [2.45, 2.75) is 51.4 Å². The quantitative estimate of drug-likeness (QED) is 0.593. The van der Waals surface area contributed by atoms with Gasteiger partial charge in [0.1, 0.15) is 5.75 Å². The van der Waals surface area contributed by atoms with Gasteiger partial charge in [0, 0.05) is 29.3 Å². The van der Waals surface area contributed by atoms with Crippen LogP contribution in [-0.4, -0.2) is 16.2 Å². The molecule has 5 rings (SSSR count). The fraction of sp³-hybridized carbons (Fsp3) is 0.476. The van der Waals surface area contributed by atoms with Gasteiger partial charge in [0.15, 0.2) is 0 Å². The van der Waals surface area contributed by atoms with Gasteiger partial charge in [0.25, 0.3) is 0 Å². The van der Waals surface area contributed by atoms with Crippen LogP contribution in [0.1, 0.15) is 56.2 Å². The van der Waals surface area contributed by atoms with E-state index in [0.29, 0.717) is 5.92 Å². The highest BCUT2D eigenvalue weighted by molar-refractivity contribution is 6.12. The molecule has 3 heteroatoms. The highest BCUT2D eigenvalue weighted by Gasteiger charge is 2.33. The van der Waals surface area contributed by atoms with Gasteiger partial charge in [-0.1, -0.05) is 32.9 Å². The van der Waals surface area contributed by atoms with Crippen molar-refractivity contribution in [2.24, 2.45) is 7.05 Å². The summed E-state index contributed by atoms with van der Waals surface area (Å²) < 4.78 is 8.33. The van der Waals surface area contributed by atoms with Gasteiger partial charge in [-0.3, -0.25) is 0 Å². The van der Waals surface area contributed by atoms with Gasteiger partial charge < -0.3 is 9.30 Å². The average Bonchev–Trinajstić information content (AvgIpc) is 3.10. The van der Waals surface area contributed by atoms with E-state index in [0.717, 1.165) is 24.3 Å². The maximum Gasteiger partial charge on any atom is 0.133 e. The first-order valence-electron chi connectivity index (χ1n) is 9.05. The van der Waals surface area contributed by atoms with Crippen LogP contribution >= 0.6 is 0 Å². The van der Waals surface area contributed by atoms with E-state index in [-0.39, 0.29) is 5.41 Å². The molecule has 1 aliphatic carbocycles. The lowest BCUT2D eigenvalue weighted by molar-refractivity contribution is 0.340. The topological polar surface area (TPSA) is 27.1 Å². The molecule has 1 aromatic heterocycles. The van der Waals surface area contributed by atoms with E-state index in [2.05, 4.69) is 44.5 Å². The molecular formula is C21H24N2O. The third-order valence-corrected chi connectivity index (χ3v) is 6.16. The third kappa shape index (κ3) is 1.65. The molecule has 1 aliphatic heterocycles. The van der Waals surface area contributed by atoms with Gasteiger partial charge in [0.2, 0.25) is 0 Å². The van der Waals surface area contributed by atoms with Crippen molar-refractivity contribution < 1.29 is 4.74 Å². The molecule has 1 atom stereocenters. The number of aromatic nitrogens is 2. The van der Waals surface area contributed by atoms with E-state index in [1.54, 1.807) is 0 Å². The van der Waals surface area contributed by atoms with Crippen LogP contribution in [0.2, 0.25) is 0 Å². The summed E-state index contributed by atoms with van der Waals surface area (Å²) in [7, 11) is 2.12. The van der Waals surface area contributed by atoms with Gasteiger partial charge in [-0.05, 0) is 35.8 Å². The Morgan fingerprint density at radius 2 is 2.12 bits per heavy atom. The molecule has 0 spiro atoms. The molecule has 2 aliphatic rings. The monoisotopic (exact) mass is 320 g/mol. The maximum atomic E-state index is 6.14. The Morgan fingerprint density at radius 3 is 2.96 bits per heavy atom. The molecule has 2 heterocycles. The van der Waals surface area contributed by atoms with Crippen LogP contribution in [0.5, 0.6) is 5.75 Å². The fourth-order valence-corrected chi connectivity index (χ4v) is 4.92. The van der Waals surface area contributed by atoms with Crippen molar-refractivity contribution in [3.05, 3.63) is 35.2 Å². The summed E-state index contributed by atoms with van der Waals surface area (Å²) in [5.41, 5.74) is 7.00. The number of aryl methyl sites for hydroxylation is 2. The Morgan fingerprint density at radius 1 is 1.29 bits per heavy atom. The smallest absolute Gasteiger partial charge is 0.133 e. The van der Waals surface area contributed by atoms with Crippen molar-refractivity contribution in [2.75, 3.05) is 6.61 Å². The zero-order valence-electron chi connectivity index (χ0n) is 14.9. The minimum absolute atomic E-state index is 0.250. The number of hydrogen-bond donors (Lipinski definition) is 0. The highest BCUT2D eigenvalue weighted by atomic mass is 16.5. The molecule has 3 aromatic rings. The predicted octanol–water partition coefficient (Wildman–Crippen LogP) is 4.84. The molecule has 0 amide bonds. The molecule has 0 saturated heterocycles. The van der Waals surface area contributed by atoms with Crippen LogP contribution in [0, 0.1) is 0 Å². The second-order valence-corrected chi connectivity index (χ2v) is 8.26. The van der Waals surface area contributed by atoms with E-state index in [1.165, 1.54) is 45.8 Å². The summed E-state index contributed by atoms with van der Waals surface area (Å²) in [5.74, 6) is 1.49. The summed E-state index contributed by atoms with van der Waals surface area (Å²) in [6.45, 7) is 7.77. The number of imidazole rings is 1. The van der Waals surface area contributed by atoms with Gasteiger partial charge >= 0.3 is 0 Å². The lowest BCUT2D eigenvalue weighted by atomic mass is 9.71. The van der Waals surface area contributed by atoms with Crippen LogP contribution in [-0.2, 0) is 18.9 Å². The average molecular weight is 320 g/mol. The number of fused-ring (bicyclic) bond motifs is 8. The van der Waals surface area contributed by atoms with Gasteiger partial charge in [0.05, 0.1) is 24.0 Å². The summed E-state index contributed by atoms with van der Waals surface area (Å²) in [4.78, 5) is 4.76. The zero-order chi connectivity index (χ0) is 16.6. The number of benzene rings is 2. The third-order valence-electron chi connectivity index (χ3n) is 6.16. The first kappa shape index (κ1) is 14.3. The van der Waals surface area contributed by atoms with Crippen LogP contribution in [0.15, 0.2) is 18.5 Å². The Labute approximate surface area is 142 Å². The minimum atomic E-state index is 0.250. The van der Waals surface area contributed by atoms with E-state index in [4.69, 9.17) is 9.72 Å². The minimum Gasteiger partial charge on any atom is -0.492 e. The predicted molar refractivity (Wildman–Crippen MR) is 98.1 cm³/mol. The first-order chi connectivity index (χ1) is 11.5. The van der Waals surface area contributed by atoms with Crippen molar-refractivity contribution in [3.63, 3.8) is 0 Å². The second-order valence-electron chi connectivity index (χ2n) is 8.26. The fourth-order valence-electron chi connectivity index (χ4n) is 4.92. The van der Waals surface area contributed by atoms with Crippen LogP contribution in [0.25, 0.3) is 21.8 Å². The summed E-state index contributed by atoms with van der Waals surface area (Å²) in [6.07, 6.45) is 5.64. The molecule has 24 heavy (non-hydrogen) atoms. The van der Waals surface area contributed by atoms with Crippen molar-refractivity contribution >= 4 is 21.8 Å². The first-order valence-corrected chi connectivity index (χ1v) is 9.05. The molecule has 0 fully saturated rings. The number of nitrogens with zero attached hydrogens (tertiary/aromatic N) is 2. The molecule has 0 N–H and O–H groups in total. The standard InChI is InChI=1S/C21H24N2O/c1-12-10-24-20-14-7-8-15-13(6-5-9-21(15,2)3)17(14)19-18(16(12)20)22-11-23(19)4/h7-8,11-12H,5-6,9-10H2,1-4H3. The Hall–Kier alpha value is -2.03. The summed E-state index contributed by atoms with van der Waals surface area (Å²) in [6, 6.07) is 4.65. The molecule has 1 unspecified atom stereocenters. The molecule has 124 valence electrons. The number of ether oxygens (including phenoxy) is 1. The number of hydrogen-bond acceptors (Lipinski definition) is 2. The van der Waals surface area contributed by atoms with Gasteiger partial charge in [-0.25, -0.2) is 4.98 Å². The van der Waals surface area contributed by atoms with Gasteiger partial charge in [-0.2, -0.15) is 0 Å². The maximum absolute atomic E-state index is 6.14. The summed E-state index contributed by atoms with van der Waals surface area (Å²) >= 11 is 0. The lowest BCUT2D eigenvalue weighted by Crippen LogP contribution is -2.24. The van der Waals surface area contributed by atoms with Crippen LogP contribution in [0.4, 0.5) is 0 Å². The van der Waals surface area contributed by atoms with Crippen molar-refractivity contribution in [3.8, 4) is 5.75 Å². The van der Waals surface area contributed by atoms with E-state index in [9.17, 15) is 0 Å². The molecule has 2 aromatic carbocycles. The molecule has 3 nitrogen and oxygen atoms in total. The largest absolute Gasteiger partial charge is 0.492 e. The van der Waals surface area contributed by atoms with Gasteiger partial charge in [-0.15, -0.1) is 0 Å². The van der Waals surface area contributed by atoms with Crippen LogP contribution in [0.3, 0.4) is 0 Å². The summed E-state index contributed by atoms with van der Waals surface area (Å²) in [5, 5.41) is 2.66. The Balaban J connectivity index is 2.02. The lowest BCUT2D eigenvalue weighted by Gasteiger charge is -2.33.